The van der Waals surface area contributed by atoms with E-state index in [1.165, 1.54) is 5.54 Å². The van der Waals surface area contributed by atoms with Crippen LogP contribution in [0.4, 0.5) is 4.48 Å². The van der Waals surface area contributed by atoms with Crippen LogP contribution < -0.4 is 11.3 Å². The summed E-state index contributed by atoms with van der Waals surface area (Å²) in [4.78, 5) is 10.1. The molecule has 11 heavy (non-hydrogen) atoms. The molecule has 0 spiro atoms. The smallest absolute Gasteiger partial charge is 0.323 e. The van der Waals surface area contributed by atoms with Gasteiger partial charge in [-0.15, -0.1) is 22.4 Å². The van der Waals surface area contributed by atoms with Gasteiger partial charge in [0.2, 0.25) is 0 Å². The number of rotatable bonds is 5. The molecule has 0 aliphatic carbocycles. The molecule has 0 saturated heterocycles. The van der Waals surface area contributed by atoms with Gasteiger partial charge in [-0.25, -0.2) is 0 Å². The highest BCUT2D eigenvalue weighted by molar-refractivity contribution is 5.85. The summed E-state index contributed by atoms with van der Waals surface area (Å²) < 4.78 is 11.6. The van der Waals surface area contributed by atoms with Crippen LogP contribution in [0.2, 0.25) is 0 Å². The fraction of sp³-hybridized carbons (Fsp3) is 0.800. The molecule has 0 heterocycles. The Bertz CT molecular complexity index is 115. The van der Waals surface area contributed by atoms with Crippen molar-refractivity contribution in [2.75, 3.05) is 6.54 Å². The molecule has 0 bridgehead atoms. The van der Waals surface area contributed by atoms with Crippen molar-refractivity contribution in [3.8, 4) is 0 Å². The molecule has 0 aromatic carbocycles. The van der Waals surface area contributed by atoms with E-state index in [4.69, 9.17) is 10.8 Å². The van der Waals surface area contributed by atoms with E-state index >= 15 is 0 Å². The van der Waals surface area contributed by atoms with E-state index in [1.807, 2.05) is 0 Å². The first-order chi connectivity index (χ1) is 4.72. The summed E-state index contributed by atoms with van der Waals surface area (Å²) in [7, 11) is 0. The van der Waals surface area contributed by atoms with Crippen molar-refractivity contribution in [2.24, 2.45) is 5.73 Å². The fourth-order valence-electron chi connectivity index (χ4n) is 0.547. The zero-order chi connectivity index (χ0) is 7.98. The molecule has 0 saturated carbocycles. The van der Waals surface area contributed by atoms with Gasteiger partial charge in [-0.05, 0) is 19.4 Å². The second kappa shape index (κ2) is 7.71. The number of carbonyl (C=O) groups is 1. The highest BCUT2D eigenvalue weighted by atomic mass is 35.5. The first kappa shape index (κ1) is 13.2. The van der Waals surface area contributed by atoms with Gasteiger partial charge in [-0.3, -0.25) is 4.79 Å². The number of hydrogen-bond acceptors (Lipinski definition) is 3. The number of nitrogens with one attached hydrogen (secondary N) is 1. The Morgan fingerprint density at radius 3 is 2.55 bits per heavy atom. The second-order valence-electron chi connectivity index (χ2n) is 1.93. The van der Waals surface area contributed by atoms with E-state index < -0.39 is 12.0 Å². The van der Waals surface area contributed by atoms with Gasteiger partial charge in [-0.1, -0.05) is 0 Å². The van der Waals surface area contributed by atoms with Crippen LogP contribution in [-0.2, 0) is 4.79 Å². The first-order valence-electron chi connectivity index (χ1n) is 3.01. The van der Waals surface area contributed by atoms with E-state index in [0.29, 0.717) is 13.0 Å². The van der Waals surface area contributed by atoms with Crippen LogP contribution in [0, 0.1) is 0 Å². The molecule has 0 unspecified atom stereocenters. The Kier molecular flexibility index (Phi) is 9.27. The minimum atomic E-state index is -1.18. The lowest BCUT2D eigenvalue weighted by atomic mass is 10.2. The van der Waals surface area contributed by atoms with Crippen molar-refractivity contribution in [1.82, 2.24) is 5.54 Å². The summed E-state index contributed by atoms with van der Waals surface area (Å²) in [6.45, 7) is 0.380. The quantitative estimate of drug-likeness (QED) is 0.532. The van der Waals surface area contributed by atoms with Gasteiger partial charge in [0.15, 0.2) is 0 Å². The Morgan fingerprint density at radius 1 is 1.73 bits per heavy atom. The number of nitrogens with two attached hydrogens (primary N) is 1. The molecule has 1 atom stereocenters. The van der Waals surface area contributed by atoms with Crippen molar-refractivity contribution in [3.05, 3.63) is 0 Å². The zero-order valence-corrected chi connectivity index (χ0v) is 6.73. The third kappa shape index (κ3) is 6.03. The van der Waals surface area contributed by atoms with Crippen LogP contribution in [0.5, 0.6) is 0 Å². The molecule has 0 aromatic heterocycles. The van der Waals surface area contributed by atoms with Crippen LogP contribution in [-0.4, -0.2) is 23.7 Å². The molecule has 4 N–H and O–H groups in total. The lowest BCUT2D eigenvalue weighted by Gasteiger charge is -2.05. The summed E-state index contributed by atoms with van der Waals surface area (Å²) in [6.07, 6.45) is 0.732. The Balaban J connectivity index is 0. The van der Waals surface area contributed by atoms with E-state index in [1.54, 1.807) is 0 Å². The van der Waals surface area contributed by atoms with E-state index in [2.05, 4.69) is 0 Å². The van der Waals surface area contributed by atoms with Gasteiger partial charge in [0, 0.05) is 0 Å². The van der Waals surface area contributed by atoms with Crippen LogP contribution in [0.1, 0.15) is 12.8 Å². The van der Waals surface area contributed by atoms with Gasteiger partial charge in [0.05, 0.1) is 0 Å². The molecule has 0 radical (unpaired) electrons. The van der Waals surface area contributed by atoms with Crippen LogP contribution >= 0.6 is 12.4 Å². The summed E-state index contributed by atoms with van der Waals surface area (Å²) in [6, 6.07) is -1.11. The molecule has 4 nitrogen and oxygen atoms in total. The standard InChI is InChI=1S/C5H11FN2O2.ClH/c6-8-4(5(9)10)2-1-3-7;/h4,8H,1-3,7H2,(H,9,10);1H/t4-;/m0./s1. The minimum absolute atomic E-state index is 0. The zero-order valence-electron chi connectivity index (χ0n) is 5.92. The molecule has 68 valence electrons. The largest absolute Gasteiger partial charge is 0.480 e. The van der Waals surface area contributed by atoms with Crippen LogP contribution in [0.3, 0.4) is 0 Å². The van der Waals surface area contributed by atoms with E-state index in [9.17, 15) is 9.28 Å². The Labute approximate surface area is 70.3 Å². The molecule has 0 amide bonds. The fourth-order valence-corrected chi connectivity index (χ4v) is 0.547. The van der Waals surface area contributed by atoms with Gasteiger partial charge >= 0.3 is 5.97 Å². The molecule has 0 aliphatic heterocycles. The van der Waals surface area contributed by atoms with Crippen LogP contribution in [0.25, 0.3) is 0 Å². The predicted octanol–water partition coefficient (Wildman–Crippen LogP) is 0.0744. The minimum Gasteiger partial charge on any atom is -0.480 e. The Morgan fingerprint density at radius 2 is 2.27 bits per heavy atom. The maximum atomic E-state index is 11.6. The number of carboxylic acid groups (broad SMARTS) is 1. The summed E-state index contributed by atoms with van der Waals surface area (Å²) >= 11 is 0. The maximum absolute atomic E-state index is 11.6. The monoisotopic (exact) mass is 186 g/mol. The highest BCUT2D eigenvalue weighted by Gasteiger charge is 2.14. The van der Waals surface area contributed by atoms with Crippen LogP contribution in [0.15, 0.2) is 0 Å². The third-order valence-electron chi connectivity index (χ3n) is 1.13. The molecular weight excluding hydrogens is 175 g/mol. The second-order valence-corrected chi connectivity index (χ2v) is 1.93. The normalized spacial score (nSPS) is 11.8. The third-order valence-corrected chi connectivity index (χ3v) is 1.13. The predicted molar refractivity (Wildman–Crippen MR) is 41.2 cm³/mol. The average Bonchev–Trinajstić information content (AvgIpc) is 1.89. The van der Waals surface area contributed by atoms with Crippen molar-refractivity contribution in [2.45, 2.75) is 18.9 Å². The summed E-state index contributed by atoms with van der Waals surface area (Å²) in [5, 5.41) is 8.26. The first-order valence-corrected chi connectivity index (χ1v) is 3.01. The van der Waals surface area contributed by atoms with Gasteiger partial charge in [-0.2, -0.15) is 0 Å². The topological polar surface area (TPSA) is 75.3 Å². The summed E-state index contributed by atoms with van der Waals surface area (Å²) in [5.41, 5.74) is 6.27. The van der Waals surface area contributed by atoms with Crippen molar-refractivity contribution in [3.63, 3.8) is 0 Å². The SMILES string of the molecule is Cl.NCCC[C@H](NF)C(=O)O. The molecule has 0 aliphatic rings. The molecular formula is C5H12ClFN2O2. The Hall–Kier alpha value is -0.390. The number of hydrogen-bond donors (Lipinski definition) is 3. The molecule has 0 fully saturated rings. The van der Waals surface area contributed by atoms with E-state index in [0.717, 1.165) is 0 Å². The molecule has 6 heteroatoms. The van der Waals surface area contributed by atoms with Gasteiger partial charge in [0.25, 0.3) is 0 Å². The van der Waals surface area contributed by atoms with Crippen molar-refractivity contribution in [1.29, 1.82) is 0 Å². The van der Waals surface area contributed by atoms with Crippen molar-refractivity contribution < 1.29 is 14.4 Å². The number of halogens is 2. The molecule has 0 aromatic rings. The lowest BCUT2D eigenvalue weighted by molar-refractivity contribution is -0.141. The van der Waals surface area contributed by atoms with Gasteiger partial charge < -0.3 is 10.8 Å². The van der Waals surface area contributed by atoms with Crippen molar-refractivity contribution >= 4 is 18.4 Å². The number of aliphatic carboxylic acids is 1. The average molecular weight is 187 g/mol. The maximum Gasteiger partial charge on any atom is 0.323 e. The van der Waals surface area contributed by atoms with Gasteiger partial charge in [0.1, 0.15) is 6.04 Å². The number of carboxylic acids is 1. The lowest BCUT2D eigenvalue weighted by Crippen LogP contribution is -2.31. The molecule has 0 rings (SSSR count). The summed E-state index contributed by atoms with van der Waals surface area (Å²) in [5.74, 6) is -1.18. The highest BCUT2D eigenvalue weighted by Crippen LogP contribution is 1.95. The van der Waals surface area contributed by atoms with E-state index in [-0.39, 0.29) is 18.8 Å².